The first kappa shape index (κ1) is 26.8. The maximum Gasteiger partial charge on any atom is 0.319 e. The zero-order valence-electron chi connectivity index (χ0n) is 20.9. The van der Waals surface area contributed by atoms with Gasteiger partial charge in [0.15, 0.2) is 0 Å². The predicted octanol–water partition coefficient (Wildman–Crippen LogP) is 5.98. The maximum absolute atomic E-state index is 12.4. The van der Waals surface area contributed by atoms with Crippen molar-refractivity contribution >= 4 is 40.8 Å². The minimum Gasteiger partial charge on any atom is -0.356 e. The van der Waals surface area contributed by atoms with Crippen LogP contribution in [0.3, 0.4) is 0 Å². The number of anilines is 1. The fourth-order valence-corrected chi connectivity index (χ4v) is 5.17. The third-order valence-electron chi connectivity index (χ3n) is 7.18. The Balaban J connectivity index is 1.02. The van der Waals surface area contributed by atoms with E-state index >= 15 is 0 Å². The van der Waals surface area contributed by atoms with E-state index < -0.39 is 0 Å². The van der Waals surface area contributed by atoms with Crippen LogP contribution < -0.4 is 16.0 Å². The number of carbonyl (C=O) groups is 2. The monoisotopic (exact) mass is 530 g/mol. The number of nitrogens with one attached hydrogen (secondary N) is 3. The molecule has 2 aliphatic rings. The summed E-state index contributed by atoms with van der Waals surface area (Å²) in [5.41, 5.74) is 3.08. The molecule has 1 saturated carbocycles. The minimum atomic E-state index is -0.131. The second-order valence-corrected chi connectivity index (χ2v) is 10.9. The van der Waals surface area contributed by atoms with E-state index in [1.54, 1.807) is 6.07 Å². The number of nitrogens with zero attached hydrogens (tertiary/aromatic N) is 1. The van der Waals surface area contributed by atoms with Crippen LogP contribution in [0, 0.1) is 12.8 Å². The Kier molecular flexibility index (Phi) is 9.52. The van der Waals surface area contributed by atoms with Crippen molar-refractivity contribution in [3.8, 4) is 0 Å². The average Bonchev–Trinajstić information content (AvgIpc) is 3.66. The molecule has 0 aromatic heterocycles. The third-order valence-corrected chi connectivity index (χ3v) is 7.92. The number of hydrogen-bond acceptors (Lipinski definition) is 3. The smallest absolute Gasteiger partial charge is 0.319 e. The molecule has 6 nitrogen and oxygen atoms in total. The first-order valence-corrected chi connectivity index (χ1v) is 13.7. The van der Waals surface area contributed by atoms with E-state index in [1.807, 2.05) is 43.3 Å². The number of unbranched alkanes of at least 4 members (excludes halogenated alkanes) is 2. The summed E-state index contributed by atoms with van der Waals surface area (Å²) in [5.74, 6) is 0.453. The number of amides is 3. The van der Waals surface area contributed by atoms with E-state index in [-0.39, 0.29) is 29.8 Å². The number of rotatable bonds is 10. The largest absolute Gasteiger partial charge is 0.356 e. The van der Waals surface area contributed by atoms with Gasteiger partial charge in [0.25, 0.3) is 0 Å². The molecule has 36 heavy (non-hydrogen) atoms. The van der Waals surface area contributed by atoms with Gasteiger partial charge in [0, 0.05) is 37.3 Å². The Morgan fingerprint density at radius 1 is 0.972 bits per heavy atom. The summed E-state index contributed by atoms with van der Waals surface area (Å²) in [6, 6.07) is 13.5. The maximum atomic E-state index is 12.4. The zero-order valence-corrected chi connectivity index (χ0v) is 22.4. The molecule has 4 rings (SSSR count). The summed E-state index contributed by atoms with van der Waals surface area (Å²) >= 11 is 12.1. The Bertz CT molecular complexity index is 1040. The standard InChI is InChI=1S/C28H36Cl2N4O2/c1-19-5-8-21(9-6-19)32-28(36)33-22-11-15-34(16-12-22)14-4-2-3-13-31-27(35)24-18-23(24)20-7-10-25(29)26(30)17-20/h5-10,17,22-24H,2-4,11-16,18H2,1H3,(H,31,35)(H2,32,33,36). The van der Waals surface area contributed by atoms with E-state index in [0.717, 1.165) is 76.0 Å². The number of likely N-dealkylation sites (tertiary alicyclic amines) is 1. The van der Waals surface area contributed by atoms with E-state index in [9.17, 15) is 9.59 Å². The molecule has 0 radical (unpaired) electrons. The summed E-state index contributed by atoms with van der Waals surface area (Å²) in [5, 5.41) is 10.2. The molecule has 2 unspecified atom stereocenters. The topological polar surface area (TPSA) is 73.5 Å². The number of piperidine rings is 1. The van der Waals surface area contributed by atoms with Gasteiger partial charge in [-0.3, -0.25) is 4.79 Å². The van der Waals surface area contributed by atoms with E-state index in [1.165, 1.54) is 5.56 Å². The molecule has 1 aliphatic heterocycles. The number of urea groups is 1. The molecule has 2 aromatic carbocycles. The normalized spacial score (nSPS) is 20.1. The highest BCUT2D eigenvalue weighted by Gasteiger charge is 2.43. The van der Waals surface area contributed by atoms with Gasteiger partial charge in [-0.1, -0.05) is 53.4 Å². The summed E-state index contributed by atoms with van der Waals surface area (Å²) in [6.07, 6.45) is 6.03. The Labute approximate surface area is 224 Å². The molecule has 3 N–H and O–H groups in total. The van der Waals surface area contributed by atoms with Crippen LogP contribution in [-0.2, 0) is 4.79 Å². The summed E-state index contributed by atoms with van der Waals surface area (Å²) in [7, 11) is 0. The Morgan fingerprint density at radius 3 is 2.44 bits per heavy atom. The minimum absolute atomic E-state index is 0.0520. The predicted molar refractivity (Wildman–Crippen MR) is 147 cm³/mol. The van der Waals surface area contributed by atoms with E-state index in [0.29, 0.717) is 10.0 Å². The van der Waals surface area contributed by atoms with Gasteiger partial charge in [0.1, 0.15) is 0 Å². The Morgan fingerprint density at radius 2 is 1.72 bits per heavy atom. The fraction of sp³-hybridized carbons (Fsp3) is 0.500. The lowest BCUT2D eigenvalue weighted by atomic mass is 10.0. The molecule has 0 spiro atoms. The van der Waals surface area contributed by atoms with Gasteiger partial charge < -0.3 is 20.9 Å². The second kappa shape index (κ2) is 12.8. The van der Waals surface area contributed by atoms with Crippen LogP contribution in [0.1, 0.15) is 55.6 Å². The molecule has 1 heterocycles. The quantitative estimate of drug-likeness (QED) is 0.331. The van der Waals surface area contributed by atoms with Crippen LogP contribution >= 0.6 is 23.2 Å². The third kappa shape index (κ3) is 7.86. The molecule has 0 bridgehead atoms. The van der Waals surface area contributed by atoms with Crippen molar-refractivity contribution in [3.05, 3.63) is 63.6 Å². The van der Waals surface area contributed by atoms with Crippen LogP contribution in [0.15, 0.2) is 42.5 Å². The molecule has 2 aromatic rings. The number of carbonyl (C=O) groups excluding carboxylic acids is 2. The first-order valence-electron chi connectivity index (χ1n) is 13.0. The molecule has 1 aliphatic carbocycles. The van der Waals surface area contributed by atoms with Crippen LogP contribution in [0.25, 0.3) is 0 Å². The number of hydrogen-bond donors (Lipinski definition) is 3. The van der Waals surface area contributed by atoms with Crippen molar-refractivity contribution in [2.75, 3.05) is 31.5 Å². The van der Waals surface area contributed by atoms with Crippen molar-refractivity contribution in [1.29, 1.82) is 0 Å². The summed E-state index contributed by atoms with van der Waals surface area (Å²) in [6.45, 7) is 5.83. The van der Waals surface area contributed by atoms with Gasteiger partial charge in [0.05, 0.1) is 10.0 Å². The summed E-state index contributed by atoms with van der Waals surface area (Å²) in [4.78, 5) is 27.2. The van der Waals surface area contributed by atoms with Crippen molar-refractivity contribution < 1.29 is 9.59 Å². The van der Waals surface area contributed by atoms with Crippen molar-refractivity contribution in [2.24, 2.45) is 5.92 Å². The molecule has 3 amide bonds. The van der Waals surface area contributed by atoms with Crippen LogP contribution in [0.2, 0.25) is 10.0 Å². The van der Waals surface area contributed by atoms with Crippen molar-refractivity contribution in [1.82, 2.24) is 15.5 Å². The van der Waals surface area contributed by atoms with Gasteiger partial charge in [0.2, 0.25) is 5.91 Å². The van der Waals surface area contributed by atoms with Gasteiger partial charge in [-0.15, -0.1) is 0 Å². The van der Waals surface area contributed by atoms with Gasteiger partial charge in [-0.05, 0) is 81.3 Å². The lowest BCUT2D eigenvalue weighted by Crippen LogP contribution is -2.46. The van der Waals surface area contributed by atoms with Gasteiger partial charge in [-0.2, -0.15) is 0 Å². The number of benzene rings is 2. The van der Waals surface area contributed by atoms with E-state index in [4.69, 9.17) is 23.2 Å². The van der Waals surface area contributed by atoms with E-state index in [2.05, 4.69) is 20.9 Å². The molecule has 8 heteroatoms. The SMILES string of the molecule is Cc1ccc(NC(=O)NC2CCN(CCCCCNC(=O)C3CC3c3ccc(Cl)c(Cl)c3)CC2)cc1. The fourth-order valence-electron chi connectivity index (χ4n) is 4.87. The lowest BCUT2D eigenvalue weighted by molar-refractivity contribution is -0.122. The number of halogens is 2. The van der Waals surface area contributed by atoms with Crippen molar-refractivity contribution in [3.63, 3.8) is 0 Å². The van der Waals surface area contributed by atoms with Crippen LogP contribution in [-0.4, -0.2) is 49.1 Å². The number of aryl methyl sites for hydroxylation is 1. The second-order valence-electron chi connectivity index (χ2n) is 10.1. The van der Waals surface area contributed by atoms with Crippen LogP contribution in [0.5, 0.6) is 0 Å². The highest BCUT2D eigenvalue weighted by molar-refractivity contribution is 6.42. The molecule has 1 saturated heterocycles. The Hall–Kier alpha value is -2.28. The van der Waals surface area contributed by atoms with Gasteiger partial charge >= 0.3 is 6.03 Å². The van der Waals surface area contributed by atoms with Crippen LogP contribution in [0.4, 0.5) is 10.5 Å². The highest BCUT2D eigenvalue weighted by Crippen LogP contribution is 2.48. The average molecular weight is 532 g/mol. The first-order chi connectivity index (χ1) is 17.4. The molecule has 194 valence electrons. The zero-order chi connectivity index (χ0) is 25.5. The highest BCUT2D eigenvalue weighted by atomic mass is 35.5. The summed E-state index contributed by atoms with van der Waals surface area (Å²) < 4.78 is 0. The molecular formula is C28H36Cl2N4O2. The van der Waals surface area contributed by atoms with Gasteiger partial charge in [-0.25, -0.2) is 4.79 Å². The lowest BCUT2D eigenvalue weighted by Gasteiger charge is -2.32. The molecular weight excluding hydrogens is 495 g/mol. The molecule has 2 atom stereocenters. The van der Waals surface area contributed by atoms with Crippen molar-refractivity contribution in [2.45, 2.75) is 57.4 Å². The molecule has 2 fully saturated rings.